The Morgan fingerprint density at radius 2 is 1.89 bits per heavy atom. The van der Waals surface area contributed by atoms with Crippen molar-refractivity contribution in [3.05, 3.63) is 59.6 Å². The minimum Gasteiger partial charge on any atom is -0.619 e. The standard InChI is InChI=1S/C18H19N3O6/c1-20(11-16(22)19-14-4-3-5-15(10-14)26-2)17(23)12-27-18(24)13-6-8-21(25)9-7-13/h3-10H,11-12H2,1-2H3,(H,19,22). The van der Waals surface area contributed by atoms with Crippen molar-refractivity contribution in [2.75, 3.05) is 32.6 Å². The summed E-state index contributed by atoms with van der Waals surface area (Å²) in [6, 6.07) is 9.36. The average molecular weight is 373 g/mol. The maximum atomic E-state index is 12.0. The summed E-state index contributed by atoms with van der Waals surface area (Å²) in [6.45, 7) is -0.733. The van der Waals surface area contributed by atoms with Gasteiger partial charge < -0.3 is 24.9 Å². The predicted octanol–water partition coefficient (Wildman–Crippen LogP) is 0.582. The van der Waals surface area contributed by atoms with E-state index >= 15 is 0 Å². The van der Waals surface area contributed by atoms with E-state index in [1.807, 2.05) is 0 Å². The smallest absolute Gasteiger partial charge is 0.339 e. The largest absolute Gasteiger partial charge is 0.619 e. The van der Waals surface area contributed by atoms with E-state index in [-0.39, 0.29) is 12.1 Å². The first-order valence-electron chi connectivity index (χ1n) is 7.93. The number of hydrogen-bond acceptors (Lipinski definition) is 6. The molecule has 0 atom stereocenters. The van der Waals surface area contributed by atoms with Gasteiger partial charge in [-0.25, -0.2) is 4.79 Å². The molecule has 0 unspecified atom stereocenters. The number of aromatic nitrogens is 1. The second-order valence-corrected chi connectivity index (χ2v) is 5.55. The number of ether oxygens (including phenoxy) is 2. The van der Waals surface area contributed by atoms with Gasteiger partial charge in [-0.15, -0.1) is 0 Å². The minimum atomic E-state index is -0.738. The van der Waals surface area contributed by atoms with Crippen LogP contribution < -0.4 is 14.8 Å². The molecule has 1 heterocycles. The van der Waals surface area contributed by atoms with E-state index in [4.69, 9.17) is 9.47 Å². The Kier molecular flexibility index (Phi) is 6.70. The van der Waals surface area contributed by atoms with Crippen LogP contribution in [-0.2, 0) is 14.3 Å². The zero-order chi connectivity index (χ0) is 19.8. The summed E-state index contributed by atoms with van der Waals surface area (Å²) in [5.74, 6) is -1.10. The number of amides is 2. The van der Waals surface area contributed by atoms with Gasteiger partial charge in [0.2, 0.25) is 5.91 Å². The quantitative estimate of drug-likeness (QED) is 0.432. The SMILES string of the molecule is COc1cccc(NC(=O)CN(C)C(=O)COC(=O)c2cc[n+]([O-])cc2)c1. The highest BCUT2D eigenvalue weighted by molar-refractivity contribution is 5.95. The number of likely N-dealkylation sites (N-methyl/N-ethyl adjacent to an activating group) is 1. The van der Waals surface area contributed by atoms with Gasteiger partial charge in [0.15, 0.2) is 19.0 Å². The fraction of sp³-hybridized carbons (Fsp3) is 0.222. The van der Waals surface area contributed by atoms with Crippen LogP contribution in [-0.4, -0.2) is 50.0 Å². The summed E-state index contributed by atoms with van der Waals surface area (Å²) in [4.78, 5) is 37.0. The van der Waals surface area contributed by atoms with Crippen LogP contribution in [0.25, 0.3) is 0 Å². The maximum absolute atomic E-state index is 12.0. The molecule has 0 bridgehead atoms. The molecule has 0 fully saturated rings. The number of hydrogen-bond donors (Lipinski definition) is 1. The number of rotatable bonds is 7. The molecule has 0 saturated carbocycles. The Morgan fingerprint density at radius 1 is 1.19 bits per heavy atom. The number of esters is 1. The molecule has 27 heavy (non-hydrogen) atoms. The lowest BCUT2D eigenvalue weighted by atomic mass is 10.3. The molecule has 2 rings (SSSR count). The number of methoxy groups -OCH3 is 1. The second kappa shape index (κ2) is 9.18. The number of benzene rings is 1. The van der Waals surface area contributed by atoms with Gasteiger partial charge in [0.25, 0.3) is 5.91 Å². The van der Waals surface area contributed by atoms with Crippen molar-refractivity contribution in [2.45, 2.75) is 0 Å². The highest BCUT2D eigenvalue weighted by Gasteiger charge is 2.16. The molecule has 0 aliphatic heterocycles. The highest BCUT2D eigenvalue weighted by atomic mass is 16.5. The zero-order valence-corrected chi connectivity index (χ0v) is 14.9. The van der Waals surface area contributed by atoms with Crippen LogP contribution >= 0.6 is 0 Å². The lowest BCUT2D eigenvalue weighted by Gasteiger charge is -2.17. The highest BCUT2D eigenvalue weighted by Crippen LogP contribution is 2.16. The zero-order valence-electron chi connectivity index (χ0n) is 14.9. The van der Waals surface area contributed by atoms with Gasteiger partial charge >= 0.3 is 5.97 Å². The van der Waals surface area contributed by atoms with Crippen LogP contribution in [0.1, 0.15) is 10.4 Å². The number of nitrogens with one attached hydrogen (secondary N) is 1. The van der Waals surface area contributed by atoms with Gasteiger partial charge in [0.05, 0.1) is 19.2 Å². The van der Waals surface area contributed by atoms with E-state index in [2.05, 4.69) is 5.32 Å². The molecule has 9 heteroatoms. The van der Waals surface area contributed by atoms with Crippen molar-refractivity contribution < 1.29 is 28.6 Å². The summed E-state index contributed by atoms with van der Waals surface area (Å²) < 4.78 is 10.5. The Morgan fingerprint density at radius 3 is 2.56 bits per heavy atom. The number of anilines is 1. The summed E-state index contributed by atoms with van der Waals surface area (Å²) in [5, 5.41) is 13.6. The molecule has 0 saturated heterocycles. The van der Waals surface area contributed by atoms with Gasteiger partial charge in [-0.1, -0.05) is 6.07 Å². The van der Waals surface area contributed by atoms with E-state index in [1.54, 1.807) is 24.3 Å². The number of carbonyl (C=O) groups excluding carboxylic acids is 3. The van der Waals surface area contributed by atoms with Crippen molar-refractivity contribution in [1.29, 1.82) is 0 Å². The number of carbonyl (C=O) groups is 3. The molecule has 1 aromatic heterocycles. The molecule has 142 valence electrons. The van der Waals surface area contributed by atoms with E-state index < -0.39 is 24.4 Å². The Bertz CT molecular complexity index is 822. The van der Waals surface area contributed by atoms with Crippen LogP contribution in [0, 0.1) is 5.21 Å². The minimum absolute atomic E-state index is 0.147. The van der Waals surface area contributed by atoms with Crippen molar-refractivity contribution in [3.8, 4) is 5.75 Å². The van der Waals surface area contributed by atoms with E-state index in [0.717, 1.165) is 17.3 Å². The summed E-state index contributed by atoms with van der Waals surface area (Å²) in [7, 11) is 2.94. The Balaban J connectivity index is 1.81. The third-order valence-corrected chi connectivity index (χ3v) is 3.52. The van der Waals surface area contributed by atoms with E-state index in [1.165, 1.54) is 26.3 Å². The molecule has 1 N–H and O–H groups in total. The first-order chi connectivity index (χ1) is 12.9. The summed E-state index contributed by atoms with van der Waals surface area (Å²) in [6.07, 6.45) is 2.29. The molecule has 9 nitrogen and oxygen atoms in total. The average Bonchev–Trinajstić information content (AvgIpc) is 2.66. The molecule has 0 aliphatic rings. The molecule has 2 amide bonds. The number of nitrogens with zero attached hydrogens (tertiary/aromatic N) is 2. The van der Waals surface area contributed by atoms with Gasteiger partial charge in [-0.2, -0.15) is 4.73 Å². The summed E-state index contributed by atoms with van der Waals surface area (Å²) >= 11 is 0. The Hall–Kier alpha value is -3.62. The van der Waals surface area contributed by atoms with Gasteiger partial charge in [-0.3, -0.25) is 9.59 Å². The van der Waals surface area contributed by atoms with Crippen molar-refractivity contribution in [1.82, 2.24) is 4.90 Å². The van der Waals surface area contributed by atoms with Gasteiger partial charge in [0.1, 0.15) is 5.75 Å². The monoisotopic (exact) mass is 373 g/mol. The third kappa shape index (κ3) is 5.99. The fourth-order valence-electron chi connectivity index (χ4n) is 2.07. The van der Waals surface area contributed by atoms with Crippen molar-refractivity contribution in [2.24, 2.45) is 0 Å². The first kappa shape index (κ1) is 19.7. The van der Waals surface area contributed by atoms with Crippen LogP contribution in [0.3, 0.4) is 0 Å². The van der Waals surface area contributed by atoms with Crippen LogP contribution in [0.5, 0.6) is 5.75 Å². The van der Waals surface area contributed by atoms with Gasteiger partial charge in [0, 0.05) is 30.9 Å². The molecule has 1 aromatic carbocycles. The van der Waals surface area contributed by atoms with Crippen LogP contribution in [0.2, 0.25) is 0 Å². The van der Waals surface area contributed by atoms with Crippen LogP contribution in [0.4, 0.5) is 5.69 Å². The predicted molar refractivity (Wildman–Crippen MR) is 94.9 cm³/mol. The summed E-state index contributed by atoms with van der Waals surface area (Å²) in [5.41, 5.74) is 0.680. The molecule has 0 aliphatic carbocycles. The Labute approximate surface area is 155 Å². The fourth-order valence-corrected chi connectivity index (χ4v) is 2.07. The lowest BCUT2D eigenvalue weighted by Crippen LogP contribution is -2.37. The third-order valence-electron chi connectivity index (χ3n) is 3.52. The topological polar surface area (TPSA) is 112 Å². The number of pyridine rings is 1. The van der Waals surface area contributed by atoms with Crippen LogP contribution in [0.15, 0.2) is 48.8 Å². The van der Waals surface area contributed by atoms with Gasteiger partial charge in [-0.05, 0) is 12.1 Å². The molecule has 0 spiro atoms. The van der Waals surface area contributed by atoms with Crippen molar-refractivity contribution in [3.63, 3.8) is 0 Å². The first-order valence-corrected chi connectivity index (χ1v) is 7.93. The molecule has 0 radical (unpaired) electrons. The van der Waals surface area contributed by atoms with E-state index in [9.17, 15) is 19.6 Å². The molecular formula is C18H19N3O6. The normalized spacial score (nSPS) is 10.0. The lowest BCUT2D eigenvalue weighted by molar-refractivity contribution is -0.605. The molecule has 2 aromatic rings. The molecular weight excluding hydrogens is 354 g/mol. The second-order valence-electron chi connectivity index (χ2n) is 5.55. The maximum Gasteiger partial charge on any atom is 0.339 e. The van der Waals surface area contributed by atoms with Crippen molar-refractivity contribution >= 4 is 23.5 Å². The van der Waals surface area contributed by atoms with E-state index in [0.29, 0.717) is 16.2 Å².